The van der Waals surface area contributed by atoms with Crippen molar-refractivity contribution in [3.63, 3.8) is 0 Å². The van der Waals surface area contributed by atoms with Crippen LogP contribution in [0.15, 0.2) is 41.3 Å². The number of carbonyl (C=O) groups is 1. The van der Waals surface area contributed by atoms with E-state index in [1.807, 2.05) is 0 Å². The number of sulfonamides is 1. The fourth-order valence-electron chi connectivity index (χ4n) is 2.18. The molecule has 0 atom stereocenters. The molecule has 0 aliphatic rings. The third-order valence-corrected chi connectivity index (χ3v) is 5.27. The summed E-state index contributed by atoms with van der Waals surface area (Å²) in [4.78, 5) is 12.2. The molecule has 0 saturated carbocycles. The summed E-state index contributed by atoms with van der Waals surface area (Å²) in [6.07, 6.45) is 0. The number of ether oxygens (including phenoxy) is 1. The van der Waals surface area contributed by atoms with E-state index in [2.05, 4.69) is 10.0 Å². The molecule has 0 aliphatic carbocycles. The molecular formula is C17H18ClFN2O4S. The van der Waals surface area contributed by atoms with Crippen molar-refractivity contribution in [3.05, 3.63) is 52.8 Å². The molecule has 0 spiro atoms. The fraction of sp³-hybridized carbons (Fsp3) is 0.235. The number of hydrogen-bond acceptors (Lipinski definition) is 4. The van der Waals surface area contributed by atoms with Gasteiger partial charge in [0, 0.05) is 17.3 Å². The van der Waals surface area contributed by atoms with Gasteiger partial charge in [0.15, 0.2) is 0 Å². The lowest BCUT2D eigenvalue weighted by Gasteiger charge is -2.14. The summed E-state index contributed by atoms with van der Waals surface area (Å²) in [7, 11) is -2.54. The number of methoxy groups -OCH3 is 1. The molecule has 9 heteroatoms. The van der Waals surface area contributed by atoms with Crippen molar-refractivity contribution in [2.45, 2.75) is 24.8 Å². The highest BCUT2D eigenvalue weighted by Gasteiger charge is 2.22. The van der Waals surface area contributed by atoms with E-state index in [-0.39, 0.29) is 33.0 Å². The Hall–Kier alpha value is -2.16. The number of rotatable bonds is 6. The van der Waals surface area contributed by atoms with Crippen LogP contribution in [0.25, 0.3) is 0 Å². The predicted molar refractivity (Wildman–Crippen MR) is 97.8 cm³/mol. The second-order valence-corrected chi connectivity index (χ2v) is 7.81. The maximum atomic E-state index is 13.5. The Bertz CT molecular complexity index is 932. The number of carbonyl (C=O) groups excluding carboxylic acids is 1. The van der Waals surface area contributed by atoms with E-state index in [9.17, 15) is 17.6 Å². The number of benzene rings is 2. The summed E-state index contributed by atoms with van der Waals surface area (Å²) in [5.41, 5.74) is 0.266. The largest absolute Gasteiger partial charge is 0.495 e. The normalized spacial score (nSPS) is 11.5. The second-order valence-electron chi connectivity index (χ2n) is 5.72. The quantitative estimate of drug-likeness (QED) is 0.778. The number of amides is 1. The van der Waals surface area contributed by atoms with Gasteiger partial charge in [-0.3, -0.25) is 4.79 Å². The average molecular weight is 401 g/mol. The van der Waals surface area contributed by atoms with Gasteiger partial charge in [-0.05, 0) is 50.2 Å². The maximum Gasteiger partial charge on any atom is 0.255 e. The molecule has 6 nitrogen and oxygen atoms in total. The lowest BCUT2D eigenvalue weighted by Crippen LogP contribution is -2.30. The topological polar surface area (TPSA) is 84.5 Å². The number of halogens is 2. The van der Waals surface area contributed by atoms with Crippen LogP contribution in [0.3, 0.4) is 0 Å². The van der Waals surface area contributed by atoms with Gasteiger partial charge in [0.2, 0.25) is 10.0 Å². The first-order valence-electron chi connectivity index (χ1n) is 7.61. The lowest BCUT2D eigenvalue weighted by atomic mass is 10.2. The molecular weight excluding hydrogens is 383 g/mol. The minimum absolute atomic E-state index is 0.0689. The molecule has 0 bridgehead atoms. The standard InChI is InChI=1S/C17H18ClFN2O4S/c1-10(2)21-26(23,24)16-8-11(4-7-15(16)25-3)17(22)20-12-5-6-13(18)14(19)9-12/h4-10,21H,1-3H3,(H,20,22). The van der Waals surface area contributed by atoms with Gasteiger partial charge in [0.25, 0.3) is 5.91 Å². The molecule has 0 aliphatic heterocycles. The van der Waals surface area contributed by atoms with Crippen molar-refractivity contribution in [1.82, 2.24) is 4.72 Å². The Morgan fingerprint density at radius 1 is 1.19 bits per heavy atom. The Morgan fingerprint density at radius 2 is 1.88 bits per heavy atom. The van der Waals surface area contributed by atoms with Crippen LogP contribution in [0.2, 0.25) is 5.02 Å². The zero-order chi connectivity index (χ0) is 19.5. The summed E-state index contributed by atoms with van der Waals surface area (Å²) in [5, 5.41) is 2.42. The van der Waals surface area contributed by atoms with E-state index in [0.29, 0.717) is 0 Å². The summed E-state index contributed by atoms with van der Waals surface area (Å²) in [6.45, 7) is 3.35. The van der Waals surface area contributed by atoms with Crippen molar-refractivity contribution in [2.75, 3.05) is 12.4 Å². The molecule has 2 aromatic rings. The summed E-state index contributed by atoms with van der Waals surface area (Å²) < 4.78 is 45.9. The molecule has 2 aromatic carbocycles. The van der Waals surface area contributed by atoms with Crippen LogP contribution < -0.4 is 14.8 Å². The van der Waals surface area contributed by atoms with Gasteiger partial charge >= 0.3 is 0 Å². The van der Waals surface area contributed by atoms with Crippen LogP contribution in [0.4, 0.5) is 10.1 Å². The van der Waals surface area contributed by atoms with E-state index in [0.717, 1.165) is 6.07 Å². The van der Waals surface area contributed by atoms with Crippen LogP contribution in [0.1, 0.15) is 24.2 Å². The van der Waals surface area contributed by atoms with Crippen molar-refractivity contribution >= 4 is 33.2 Å². The average Bonchev–Trinajstić information content (AvgIpc) is 2.56. The van der Waals surface area contributed by atoms with Crippen LogP contribution in [-0.4, -0.2) is 27.5 Å². The molecule has 2 N–H and O–H groups in total. The highest BCUT2D eigenvalue weighted by Crippen LogP contribution is 2.26. The first-order chi connectivity index (χ1) is 12.1. The van der Waals surface area contributed by atoms with Crippen molar-refractivity contribution in [2.24, 2.45) is 0 Å². The Morgan fingerprint density at radius 3 is 2.46 bits per heavy atom. The van der Waals surface area contributed by atoms with Gasteiger partial charge in [-0.15, -0.1) is 0 Å². The number of nitrogens with one attached hydrogen (secondary N) is 2. The zero-order valence-corrected chi connectivity index (χ0v) is 15.9. The minimum atomic E-state index is -3.88. The fourth-order valence-corrected chi connectivity index (χ4v) is 3.74. The predicted octanol–water partition coefficient (Wildman–Crippen LogP) is 3.43. The molecule has 0 unspecified atom stereocenters. The summed E-state index contributed by atoms with van der Waals surface area (Å²) in [6, 6.07) is 7.47. The van der Waals surface area contributed by atoms with Crippen LogP contribution in [-0.2, 0) is 10.0 Å². The third kappa shape index (κ3) is 4.72. The number of anilines is 1. The maximum absolute atomic E-state index is 13.5. The highest BCUT2D eigenvalue weighted by atomic mass is 35.5. The van der Waals surface area contributed by atoms with Gasteiger partial charge < -0.3 is 10.1 Å². The first kappa shape index (κ1) is 20.2. The van der Waals surface area contributed by atoms with E-state index in [1.165, 1.54) is 37.4 Å². The molecule has 0 heterocycles. The third-order valence-electron chi connectivity index (χ3n) is 3.28. The van der Waals surface area contributed by atoms with Gasteiger partial charge in [-0.25, -0.2) is 17.5 Å². The lowest BCUT2D eigenvalue weighted by molar-refractivity contribution is 0.102. The van der Waals surface area contributed by atoms with Gasteiger partial charge in [0.05, 0.1) is 12.1 Å². The van der Waals surface area contributed by atoms with E-state index in [4.69, 9.17) is 16.3 Å². The van der Waals surface area contributed by atoms with Crippen LogP contribution in [0, 0.1) is 5.82 Å². The molecule has 0 saturated heterocycles. The Balaban J connectivity index is 2.36. The molecule has 140 valence electrons. The van der Waals surface area contributed by atoms with Crippen molar-refractivity contribution in [3.8, 4) is 5.75 Å². The van der Waals surface area contributed by atoms with Gasteiger partial charge in [-0.1, -0.05) is 11.6 Å². The molecule has 26 heavy (non-hydrogen) atoms. The highest BCUT2D eigenvalue weighted by molar-refractivity contribution is 7.89. The SMILES string of the molecule is COc1ccc(C(=O)Nc2ccc(Cl)c(F)c2)cc1S(=O)(=O)NC(C)C. The molecule has 1 amide bonds. The molecule has 0 aromatic heterocycles. The molecule has 0 fully saturated rings. The van der Waals surface area contributed by atoms with E-state index < -0.39 is 21.7 Å². The minimum Gasteiger partial charge on any atom is -0.495 e. The van der Waals surface area contributed by atoms with E-state index in [1.54, 1.807) is 13.8 Å². The van der Waals surface area contributed by atoms with Gasteiger partial charge in [-0.2, -0.15) is 0 Å². The summed E-state index contributed by atoms with van der Waals surface area (Å²) >= 11 is 5.60. The van der Waals surface area contributed by atoms with Gasteiger partial charge in [0.1, 0.15) is 16.5 Å². The van der Waals surface area contributed by atoms with Crippen molar-refractivity contribution in [1.29, 1.82) is 0 Å². The summed E-state index contributed by atoms with van der Waals surface area (Å²) in [5.74, 6) is -1.17. The molecule has 2 rings (SSSR count). The number of hydrogen-bond donors (Lipinski definition) is 2. The van der Waals surface area contributed by atoms with Crippen LogP contribution >= 0.6 is 11.6 Å². The smallest absolute Gasteiger partial charge is 0.255 e. The molecule has 0 radical (unpaired) electrons. The second kappa shape index (κ2) is 8.03. The first-order valence-corrected chi connectivity index (χ1v) is 9.47. The van der Waals surface area contributed by atoms with Crippen molar-refractivity contribution < 1.29 is 22.3 Å². The Kier molecular flexibility index (Phi) is 6.22. The van der Waals surface area contributed by atoms with E-state index >= 15 is 0 Å². The zero-order valence-electron chi connectivity index (χ0n) is 14.3. The monoisotopic (exact) mass is 400 g/mol. The van der Waals surface area contributed by atoms with Crippen LogP contribution in [0.5, 0.6) is 5.75 Å². The Labute approximate surface area is 156 Å².